The summed E-state index contributed by atoms with van der Waals surface area (Å²) < 4.78 is 1.98. The molecule has 1 fully saturated rings. The normalized spacial score (nSPS) is 20.0. The average Bonchev–Trinajstić information content (AvgIpc) is 3.09. The van der Waals surface area contributed by atoms with E-state index in [0.29, 0.717) is 5.41 Å². The van der Waals surface area contributed by atoms with Crippen LogP contribution in [0, 0.1) is 12.3 Å². The first-order valence-electron chi connectivity index (χ1n) is 9.95. The highest BCUT2D eigenvalue weighted by molar-refractivity contribution is 14.0. The van der Waals surface area contributed by atoms with Crippen molar-refractivity contribution in [2.45, 2.75) is 53.0 Å². The highest BCUT2D eigenvalue weighted by Gasteiger charge is 2.31. The summed E-state index contributed by atoms with van der Waals surface area (Å²) in [7, 11) is 1.87. The summed E-state index contributed by atoms with van der Waals surface area (Å²) in [4.78, 5) is 15.8. The van der Waals surface area contributed by atoms with Gasteiger partial charge in [0, 0.05) is 45.3 Å². The van der Waals surface area contributed by atoms with E-state index in [1.165, 1.54) is 25.7 Å². The van der Waals surface area contributed by atoms with Gasteiger partial charge in [-0.3, -0.25) is 9.56 Å². The lowest BCUT2D eigenvalue weighted by atomic mass is 9.78. The first-order valence-corrected chi connectivity index (χ1v) is 9.95. The quantitative estimate of drug-likeness (QED) is 0.384. The number of aromatic nitrogens is 3. The van der Waals surface area contributed by atoms with E-state index in [-0.39, 0.29) is 24.0 Å². The monoisotopic (exact) mass is 496 g/mol. The Balaban J connectivity index is 0.00000280. The van der Waals surface area contributed by atoms with Crippen molar-refractivity contribution in [3.63, 3.8) is 0 Å². The molecule has 0 saturated carbocycles. The first-order chi connectivity index (χ1) is 13.0. The van der Waals surface area contributed by atoms with Crippen molar-refractivity contribution >= 4 is 29.9 Å². The molecule has 1 N–H and O–H groups in total. The van der Waals surface area contributed by atoms with Crippen LogP contribution in [-0.4, -0.2) is 45.5 Å². The number of nitrogens with zero attached hydrogens (tertiary/aromatic N) is 5. The van der Waals surface area contributed by atoms with Gasteiger partial charge >= 0.3 is 0 Å². The van der Waals surface area contributed by atoms with E-state index in [0.717, 1.165) is 42.8 Å². The molecule has 2 aromatic heterocycles. The minimum atomic E-state index is 0. The molecule has 0 spiro atoms. The number of hydrogen-bond donors (Lipinski definition) is 1. The van der Waals surface area contributed by atoms with Crippen LogP contribution in [0.1, 0.15) is 50.9 Å². The Kier molecular flexibility index (Phi) is 8.27. The lowest BCUT2D eigenvalue weighted by Crippen LogP contribution is -2.49. The van der Waals surface area contributed by atoms with E-state index in [2.05, 4.69) is 45.1 Å². The van der Waals surface area contributed by atoms with E-state index < -0.39 is 0 Å². The number of piperidine rings is 1. The molecule has 7 heteroatoms. The maximum absolute atomic E-state index is 4.58. The number of pyridine rings is 1. The van der Waals surface area contributed by atoms with Crippen molar-refractivity contribution in [2.75, 3.05) is 20.1 Å². The van der Waals surface area contributed by atoms with Crippen LogP contribution in [0.3, 0.4) is 0 Å². The van der Waals surface area contributed by atoms with Gasteiger partial charge in [-0.15, -0.1) is 24.0 Å². The van der Waals surface area contributed by atoms with Gasteiger partial charge in [-0.2, -0.15) is 0 Å². The summed E-state index contributed by atoms with van der Waals surface area (Å²) in [6, 6.07) is 4.15. The number of halogens is 1. The molecule has 1 saturated heterocycles. The van der Waals surface area contributed by atoms with Crippen molar-refractivity contribution < 1.29 is 0 Å². The molecular formula is C21H33IN6. The number of hydrogen-bond acceptors (Lipinski definition) is 3. The first kappa shape index (κ1) is 22.6. The van der Waals surface area contributed by atoms with Gasteiger partial charge in [0.2, 0.25) is 0 Å². The van der Waals surface area contributed by atoms with Gasteiger partial charge < -0.3 is 10.2 Å². The molecule has 1 atom stereocenters. The average molecular weight is 496 g/mol. The second kappa shape index (κ2) is 10.2. The number of guanidine groups is 1. The standard InChI is InChI=1S/C21H32N6.HI/c1-5-9-21(3)10-6-12-26(16-21)20(22-4)25-15-18-7-8-19(24-14-18)27-13-11-23-17(27)2;/h7-8,11,13-14H,5-6,9-10,12,15-16H2,1-4H3,(H,22,25);1H. The molecule has 0 aromatic carbocycles. The van der Waals surface area contributed by atoms with E-state index in [9.17, 15) is 0 Å². The number of rotatable bonds is 5. The minimum Gasteiger partial charge on any atom is -0.352 e. The van der Waals surface area contributed by atoms with Crippen LogP contribution in [0.25, 0.3) is 5.82 Å². The Morgan fingerprint density at radius 3 is 2.75 bits per heavy atom. The zero-order chi connectivity index (χ0) is 19.3. The molecule has 0 bridgehead atoms. The highest BCUT2D eigenvalue weighted by atomic mass is 127. The molecule has 1 aliphatic heterocycles. The van der Waals surface area contributed by atoms with Crippen LogP contribution in [0.5, 0.6) is 0 Å². The Morgan fingerprint density at radius 1 is 1.32 bits per heavy atom. The molecule has 6 nitrogen and oxygen atoms in total. The predicted octanol–water partition coefficient (Wildman–Crippen LogP) is 4.17. The molecule has 1 aliphatic rings. The Morgan fingerprint density at radius 2 is 2.14 bits per heavy atom. The van der Waals surface area contributed by atoms with Crippen LogP contribution >= 0.6 is 24.0 Å². The molecule has 3 heterocycles. The number of aliphatic imine (C=N–C) groups is 1. The number of nitrogens with one attached hydrogen (secondary N) is 1. The summed E-state index contributed by atoms with van der Waals surface area (Å²) in [6.45, 7) is 9.56. The summed E-state index contributed by atoms with van der Waals surface area (Å²) in [5.41, 5.74) is 1.54. The maximum Gasteiger partial charge on any atom is 0.193 e. The summed E-state index contributed by atoms with van der Waals surface area (Å²) >= 11 is 0. The lowest BCUT2D eigenvalue weighted by molar-refractivity contribution is 0.142. The van der Waals surface area contributed by atoms with Gasteiger partial charge in [0.25, 0.3) is 0 Å². The van der Waals surface area contributed by atoms with Crippen LogP contribution in [0.15, 0.2) is 35.7 Å². The van der Waals surface area contributed by atoms with Crippen molar-refractivity contribution in [3.05, 3.63) is 42.1 Å². The molecular weight excluding hydrogens is 463 g/mol. The van der Waals surface area contributed by atoms with Crippen LogP contribution in [0.2, 0.25) is 0 Å². The second-order valence-electron chi connectivity index (χ2n) is 7.86. The minimum absolute atomic E-state index is 0. The molecule has 3 rings (SSSR count). The van der Waals surface area contributed by atoms with Crippen molar-refractivity contribution in [1.82, 2.24) is 24.8 Å². The molecule has 0 aliphatic carbocycles. The van der Waals surface area contributed by atoms with Crippen molar-refractivity contribution in [1.29, 1.82) is 0 Å². The van der Waals surface area contributed by atoms with Crippen LogP contribution < -0.4 is 5.32 Å². The fourth-order valence-corrected chi connectivity index (χ4v) is 4.10. The number of aryl methyl sites for hydroxylation is 1. The fraction of sp³-hybridized carbons (Fsp3) is 0.571. The van der Waals surface area contributed by atoms with Gasteiger partial charge in [0.1, 0.15) is 11.6 Å². The fourth-order valence-electron chi connectivity index (χ4n) is 4.10. The summed E-state index contributed by atoms with van der Waals surface area (Å²) in [5, 5.41) is 3.52. The SMILES string of the molecule is CCCC1(C)CCCN(C(=NC)NCc2ccc(-n3ccnc3C)nc2)C1.I. The zero-order valence-electron chi connectivity index (χ0n) is 17.5. The third-order valence-electron chi connectivity index (χ3n) is 5.48. The third-order valence-corrected chi connectivity index (χ3v) is 5.48. The van der Waals surface area contributed by atoms with Crippen molar-refractivity contribution in [3.8, 4) is 5.82 Å². The van der Waals surface area contributed by atoms with E-state index in [1.807, 2.05) is 37.0 Å². The molecule has 28 heavy (non-hydrogen) atoms. The van der Waals surface area contributed by atoms with Crippen molar-refractivity contribution in [2.24, 2.45) is 10.4 Å². The number of likely N-dealkylation sites (tertiary alicyclic amines) is 1. The zero-order valence-corrected chi connectivity index (χ0v) is 19.8. The maximum atomic E-state index is 4.58. The summed E-state index contributed by atoms with van der Waals surface area (Å²) in [6.07, 6.45) is 10.7. The molecule has 154 valence electrons. The second-order valence-corrected chi connectivity index (χ2v) is 7.86. The third kappa shape index (κ3) is 5.46. The van der Waals surface area contributed by atoms with Crippen LogP contribution in [0.4, 0.5) is 0 Å². The molecule has 0 radical (unpaired) electrons. The van der Waals surface area contributed by atoms with Gasteiger partial charge in [-0.1, -0.05) is 26.3 Å². The Hall–Kier alpha value is -1.64. The molecule has 1 unspecified atom stereocenters. The highest BCUT2D eigenvalue weighted by Crippen LogP contribution is 2.33. The topological polar surface area (TPSA) is 58.3 Å². The predicted molar refractivity (Wildman–Crippen MR) is 126 cm³/mol. The number of imidazole rings is 1. The Bertz CT molecular complexity index is 765. The van der Waals surface area contributed by atoms with E-state index >= 15 is 0 Å². The largest absolute Gasteiger partial charge is 0.352 e. The van der Waals surface area contributed by atoms with E-state index in [1.54, 1.807) is 6.20 Å². The lowest BCUT2D eigenvalue weighted by Gasteiger charge is -2.42. The smallest absolute Gasteiger partial charge is 0.193 e. The summed E-state index contributed by atoms with van der Waals surface area (Å²) in [5.74, 6) is 2.82. The molecule has 0 amide bonds. The van der Waals surface area contributed by atoms with E-state index in [4.69, 9.17) is 0 Å². The molecule has 2 aromatic rings. The van der Waals surface area contributed by atoms with Gasteiger partial charge in [0.15, 0.2) is 5.96 Å². The van der Waals surface area contributed by atoms with Gasteiger partial charge in [-0.05, 0) is 43.2 Å². The van der Waals surface area contributed by atoms with Crippen LogP contribution in [-0.2, 0) is 6.54 Å². The van der Waals surface area contributed by atoms with Gasteiger partial charge in [-0.25, -0.2) is 9.97 Å². The Labute approximate surface area is 185 Å². The van der Waals surface area contributed by atoms with Gasteiger partial charge in [0.05, 0.1) is 0 Å².